The zero-order valence-corrected chi connectivity index (χ0v) is 15.2. The predicted molar refractivity (Wildman–Crippen MR) is 80.9 cm³/mol. The molecule has 5 atom stereocenters. The van der Waals surface area contributed by atoms with Crippen LogP contribution in [-0.4, -0.2) is 59.9 Å². The third-order valence-electron chi connectivity index (χ3n) is 2.93. The van der Waals surface area contributed by atoms with Gasteiger partial charge >= 0.3 is 23.9 Å². The highest BCUT2D eigenvalue weighted by Crippen LogP contribution is 2.31. The monoisotopic (exact) mass is 410 g/mol. The Morgan fingerprint density at radius 1 is 0.792 bits per heavy atom. The van der Waals surface area contributed by atoms with Gasteiger partial charge in [0.25, 0.3) is 0 Å². The van der Waals surface area contributed by atoms with E-state index in [1.807, 2.05) is 0 Å². The second kappa shape index (κ2) is 8.97. The first kappa shape index (κ1) is 20.4. The van der Waals surface area contributed by atoms with Gasteiger partial charge in [-0.3, -0.25) is 19.2 Å². The second-order valence-corrected chi connectivity index (χ2v) is 5.95. The molecular formula is C14H19BrO9. The minimum absolute atomic E-state index is 0.236. The summed E-state index contributed by atoms with van der Waals surface area (Å²) in [5.41, 5.74) is 0. The standard InChI is InChI=1S/C14H19BrO9/c1-6(16)20-5-10-11(21-7(2)17)12(22-8(3)18)13(14(15)24-10)23-9(4)19/h10-14H,5H2,1-4H3/t10-,11-,12-,13-,14+/m0/s1. The maximum Gasteiger partial charge on any atom is 0.303 e. The normalized spacial score (nSPS) is 29.3. The lowest BCUT2D eigenvalue weighted by Gasteiger charge is -2.42. The van der Waals surface area contributed by atoms with Crippen LogP contribution >= 0.6 is 15.9 Å². The van der Waals surface area contributed by atoms with Crippen LogP contribution < -0.4 is 0 Å². The van der Waals surface area contributed by atoms with Crippen molar-refractivity contribution < 1.29 is 42.9 Å². The van der Waals surface area contributed by atoms with Crippen molar-refractivity contribution in [3.05, 3.63) is 0 Å². The summed E-state index contributed by atoms with van der Waals surface area (Å²) in [4.78, 5) is 45.1. The molecule has 10 heteroatoms. The third-order valence-corrected chi connectivity index (χ3v) is 3.67. The minimum Gasteiger partial charge on any atom is -0.463 e. The molecule has 0 N–H and O–H groups in total. The highest BCUT2D eigenvalue weighted by atomic mass is 79.9. The minimum atomic E-state index is -1.13. The van der Waals surface area contributed by atoms with Gasteiger partial charge in [-0.2, -0.15) is 0 Å². The van der Waals surface area contributed by atoms with Gasteiger partial charge in [-0.15, -0.1) is 0 Å². The number of carbonyl (C=O) groups excluding carboxylic acids is 4. The Balaban J connectivity index is 3.11. The molecule has 0 aliphatic carbocycles. The van der Waals surface area contributed by atoms with Crippen LogP contribution in [0.1, 0.15) is 27.7 Å². The van der Waals surface area contributed by atoms with E-state index in [4.69, 9.17) is 23.7 Å². The van der Waals surface area contributed by atoms with E-state index in [9.17, 15) is 19.2 Å². The second-order valence-electron chi connectivity index (χ2n) is 5.05. The lowest BCUT2D eigenvalue weighted by Crippen LogP contribution is -2.60. The van der Waals surface area contributed by atoms with Crippen molar-refractivity contribution in [2.24, 2.45) is 0 Å². The van der Waals surface area contributed by atoms with Crippen LogP contribution in [-0.2, 0) is 42.9 Å². The van der Waals surface area contributed by atoms with E-state index in [1.54, 1.807) is 0 Å². The van der Waals surface area contributed by atoms with Gasteiger partial charge in [-0.25, -0.2) is 0 Å². The van der Waals surface area contributed by atoms with Crippen LogP contribution in [0.25, 0.3) is 0 Å². The molecule has 1 saturated heterocycles. The molecule has 24 heavy (non-hydrogen) atoms. The summed E-state index contributed by atoms with van der Waals surface area (Å²) >= 11 is 3.18. The molecule has 0 saturated carbocycles. The van der Waals surface area contributed by atoms with E-state index in [0.29, 0.717) is 0 Å². The molecule has 0 aromatic rings. The van der Waals surface area contributed by atoms with Gasteiger partial charge in [0.15, 0.2) is 23.3 Å². The number of halogens is 1. The summed E-state index contributed by atoms with van der Waals surface area (Å²) in [6.45, 7) is 4.47. The van der Waals surface area contributed by atoms with E-state index in [0.717, 1.165) is 13.8 Å². The SMILES string of the molecule is CC(=O)OC[C@@H]1O[C@@H](Br)[C@@H](OC(C)=O)[C@@H](OC(C)=O)[C@H]1OC(C)=O. The Hall–Kier alpha value is -1.68. The predicted octanol–water partition coefficient (Wildman–Crippen LogP) is 0.464. The van der Waals surface area contributed by atoms with Crippen LogP contribution in [0.3, 0.4) is 0 Å². The first-order chi connectivity index (χ1) is 11.1. The highest BCUT2D eigenvalue weighted by Gasteiger charge is 2.51. The van der Waals surface area contributed by atoms with E-state index < -0.39 is 53.3 Å². The molecule has 1 aliphatic heterocycles. The summed E-state index contributed by atoms with van der Waals surface area (Å²) in [5, 5.41) is -0.863. The van der Waals surface area contributed by atoms with Gasteiger partial charge in [-0.05, 0) is 0 Å². The Morgan fingerprint density at radius 3 is 1.71 bits per heavy atom. The fourth-order valence-electron chi connectivity index (χ4n) is 2.18. The summed E-state index contributed by atoms with van der Waals surface area (Å²) in [6, 6.07) is 0. The molecule has 0 bridgehead atoms. The largest absolute Gasteiger partial charge is 0.463 e. The molecule has 0 unspecified atom stereocenters. The third kappa shape index (κ3) is 6.08. The molecule has 9 nitrogen and oxygen atoms in total. The topological polar surface area (TPSA) is 114 Å². The zero-order chi connectivity index (χ0) is 18.4. The molecular weight excluding hydrogens is 392 g/mol. The van der Waals surface area contributed by atoms with E-state index in [1.165, 1.54) is 13.8 Å². The number of esters is 4. The number of alkyl halides is 1. The fourth-order valence-corrected chi connectivity index (χ4v) is 2.86. The van der Waals surface area contributed by atoms with Gasteiger partial charge in [-0.1, -0.05) is 15.9 Å². The Morgan fingerprint density at radius 2 is 1.25 bits per heavy atom. The molecule has 0 amide bonds. The first-order valence-corrected chi connectivity index (χ1v) is 7.98. The Bertz CT molecular complexity index is 506. The van der Waals surface area contributed by atoms with Crippen molar-refractivity contribution in [1.29, 1.82) is 0 Å². The highest BCUT2D eigenvalue weighted by molar-refractivity contribution is 9.09. The molecule has 0 radical (unpaired) electrons. The number of hydrogen-bond donors (Lipinski definition) is 0. The van der Waals surface area contributed by atoms with Crippen LogP contribution in [0, 0.1) is 0 Å². The lowest BCUT2D eigenvalue weighted by molar-refractivity contribution is -0.236. The smallest absolute Gasteiger partial charge is 0.303 e. The fraction of sp³-hybridized carbons (Fsp3) is 0.714. The quantitative estimate of drug-likeness (QED) is 0.362. The molecule has 0 spiro atoms. The molecule has 1 fully saturated rings. The van der Waals surface area contributed by atoms with Crippen molar-refractivity contribution in [2.75, 3.05) is 6.61 Å². The van der Waals surface area contributed by atoms with Gasteiger partial charge in [0, 0.05) is 27.7 Å². The molecule has 1 rings (SSSR count). The number of carbonyl (C=O) groups is 4. The summed E-state index contributed by atoms with van der Waals surface area (Å²) < 4.78 is 25.9. The maximum absolute atomic E-state index is 11.4. The van der Waals surface area contributed by atoms with E-state index >= 15 is 0 Å². The van der Waals surface area contributed by atoms with E-state index in [-0.39, 0.29) is 6.61 Å². The van der Waals surface area contributed by atoms with Crippen molar-refractivity contribution in [3.8, 4) is 0 Å². The summed E-state index contributed by atoms with van der Waals surface area (Å²) in [5.74, 6) is -2.52. The lowest BCUT2D eigenvalue weighted by atomic mass is 9.99. The van der Waals surface area contributed by atoms with Gasteiger partial charge in [0.05, 0.1) is 0 Å². The maximum atomic E-state index is 11.4. The van der Waals surface area contributed by atoms with Gasteiger partial charge < -0.3 is 23.7 Å². The van der Waals surface area contributed by atoms with Gasteiger partial charge in [0.2, 0.25) is 0 Å². The number of rotatable bonds is 5. The summed E-state index contributed by atoms with van der Waals surface area (Å²) in [7, 11) is 0. The average Bonchev–Trinajstić information content (AvgIpc) is 2.42. The van der Waals surface area contributed by atoms with Crippen LogP contribution in [0.2, 0.25) is 0 Å². The number of ether oxygens (including phenoxy) is 5. The molecule has 136 valence electrons. The zero-order valence-electron chi connectivity index (χ0n) is 13.6. The van der Waals surface area contributed by atoms with Crippen molar-refractivity contribution >= 4 is 39.8 Å². The van der Waals surface area contributed by atoms with Gasteiger partial charge in [0.1, 0.15) is 12.7 Å². The Kier molecular flexibility index (Phi) is 7.61. The van der Waals surface area contributed by atoms with Crippen molar-refractivity contribution in [2.45, 2.75) is 57.1 Å². The van der Waals surface area contributed by atoms with Crippen LogP contribution in [0.5, 0.6) is 0 Å². The molecule has 1 heterocycles. The van der Waals surface area contributed by atoms with Crippen molar-refractivity contribution in [1.82, 2.24) is 0 Å². The van der Waals surface area contributed by atoms with E-state index in [2.05, 4.69) is 15.9 Å². The first-order valence-electron chi connectivity index (χ1n) is 7.06. The Labute approximate surface area is 147 Å². The van der Waals surface area contributed by atoms with Crippen LogP contribution in [0.15, 0.2) is 0 Å². The van der Waals surface area contributed by atoms with Crippen molar-refractivity contribution in [3.63, 3.8) is 0 Å². The molecule has 1 aliphatic rings. The number of hydrogen-bond acceptors (Lipinski definition) is 9. The molecule has 0 aromatic heterocycles. The van der Waals surface area contributed by atoms with Crippen LogP contribution in [0.4, 0.5) is 0 Å². The average molecular weight is 411 g/mol. The summed E-state index contributed by atoms with van der Waals surface area (Å²) in [6.07, 6.45) is -4.22. The molecule has 0 aromatic carbocycles.